The fourth-order valence-electron chi connectivity index (χ4n) is 6.69. The van der Waals surface area contributed by atoms with E-state index >= 15 is 0 Å². The number of fused-ring (bicyclic) bond motifs is 5. The zero-order chi connectivity index (χ0) is 28.3. The van der Waals surface area contributed by atoms with Gasteiger partial charge in [-0.15, -0.1) is 0 Å². The van der Waals surface area contributed by atoms with Gasteiger partial charge in [0.2, 0.25) is 0 Å². The van der Waals surface area contributed by atoms with Crippen LogP contribution in [0, 0.1) is 0 Å². The van der Waals surface area contributed by atoms with Gasteiger partial charge in [0.15, 0.2) is 0 Å². The molecule has 2 aromatic heterocycles. The van der Waals surface area contributed by atoms with E-state index in [1.54, 1.807) is 11.3 Å². The van der Waals surface area contributed by atoms with E-state index in [1.807, 2.05) is 18.3 Å². The van der Waals surface area contributed by atoms with Gasteiger partial charge in [0.25, 0.3) is 0 Å². The van der Waals surface area contributed by atoms with Crippen molar-refractivity contribution in [2.75, 3.05) is 0 Å². The largest absolute Gasteiger partial charge is 0.244 e. The van der Waals surface area contributed by atoms with Crippen LogP contribution < -0.4 is 0 Å². The molecule has 0 saturated carbocycles. The molecule has 0 spiro atoms. The van der Waals surface area contributed by atoms with Crippen LogP contribution in [0.15, 0.2) is 146 Å². The Morgan fingerprint density at radius 2 is 0.953 bits per heavy atom. The Morgan fingerprint density at radius 3 is 1.58 bits per heavy atom. The molecule has 9 aromatic rings. The van der Waals surface area contributed by atoms with E-state index in [0.29, 0.717) is 0 Å². The zero-order valence-corrected chi connectivity index (χ0v) is 24.0. The Hall–Kier alpha value is -5.38. The highest BCUT2D eigenvalue weighted by atomic mass is 32.1. The van der Waals surface area contributed by atoms with E-state index in [0.717, 1.165) is 20.9 Å². The summed E-state index contributed by atoms with van der Waals surface area (Å²) in [6, 6.07) is 50.5. The molecule has 0 aliphatic rings. The molecule has 2 heterocycles. The molecule has 200 valence electrons. The fourth-order valence-corrected chi connectivity index (χ4v) is 7.60. The molecule has 0 amide bonds. The van der Waals surface area contributed by atoms with E-state index in [-0.39, 0.29) is 0 Å². The molecule has 7 aromatic carbocycles. The van der Waals surface area contributed by atoms with Crippen LogP contribution >= 0.6 is 11.3 Å². The predicted molar refractivity (Wildman–Crippen MR) is 184 cm³/mol. The van der Waals surface area contributed by atoms with Gasteiger partial charge in [-0.3, -0.25) is 0 Å². The van der Waals surface area contributed by atoms with E-state index in [9.17, 15) is 0 Å². The zero-order valence-electron chi connectivity index (χ0n) is 23.2. The number of rotatable bonds is 3. The molecule has 2 nitrogen and oxygen atoms in total. The average molecular weight is 565 g/mol. The number of aromatic nitrogens is 2. The first-order valence-corrected chi connectivity index (χ1v) is 15.3. The summed E-state index contributed by atoms with van der Waals surface area (Å²) < 4.78 is 0. The topological polar surface area (TPSA) is 25.8 Å². The second kappa shape index (κ2) is 9.59. The van der Waals surface area contributed by atoms with Crippen LogP contribution in [0.4, 0.5) is 0 Å². The Labute approximate surface area is 252 Å². The van der Waals surface area contributed by atoms with Crippen molar-refractivity contribution in [3.8, 4) is 32.8 Å². The maximum absolute atomic E-state index is 4.91. The van der Waals surface area contributed by atoms with Crippen molar-refractivity contribution in [1.29, 1.82) is 0 Å². The van der Waals surface area contributed by atoms with Crippen molar-refractivity contribution in [2.45, 2.75) is 0 Å². The Kier molecular flexibility index (Phi) is 5.40. The van der Waals surface area contributed by atoms with Gasteiger partial charge in [-0.05, 0) is 89.6 Å². The third-order valence-corrected chi connectivity index (χ3v) is 9.55. The molecule has 0 aliphatic heterocycles. The maximum Gasteiger partial charge on any atom is 0.143 e. The van der Waals surface area contributed by atoms with Crippen molar-refractivity contribution in [3.05, 3.63) is 146 Å². The lowest BCUT2D eigenvalue weighted by Crippen LogP contribution is -1.93. The summed E-state index contributed by atoms with van der Waals surface area (Å²) in [6.45, 7) is 0. The summed E-state index contributed by atoms with van der Waals surface area (Å²) in [5, 5.41) is 11.1. The van der Waals surface area contributed by atoms with Crippen molar-refractivity contribution in [1.82, 2.24) is 9.97 Å². The van der Waals surface area contributed by atoms with E-state index in [1.165, 1.54) is 65.3 Å². The maximum atomic E-state index is 4.91. The number of hydrogen-bond acceptors (Lipinski definition) is 3. The second-order valence-corrected chi connectivity index (χ2v) is 11.9. The van der Waals surface area contributed by atoms with Gasteiger partial charge in [0, 0.05) is 11.8 Å². The predicted octanol–water partition coefficient (Wildman–Crippen LogP) is 11.3. The average Bonchev–Trinajstić information content (AvgIpc) is 3.51. The van der Waals surface area contributed by atoms with Crippen LogP contribution in [-0.4, -0.2) is 9.97 Å². The first kappa shape index (κ1) is 24.2. The number of pyridine rings is 1. The summed E-state index contributed by atoms with van der Waals surface area (Å²) in [6.07, 6.45) is 1.83. The summed E-state index contributed by atoms with van der Waals surface area (Å²) in [5.74, 6) is 0. The molecule has 0 atom stereocenters. The van der Waals surface area contributed by atoms with Crippen LogP contribution in [0.2, 0.25) is 0 Å². The van der Waals surface area contributed by atoms with Crippen LogP contribution in [-0.2, 0) is 0 Å². The summed E-state index contributed by atoms with van der Waals surface area (Å²) in [4.78, 5) is 10.4. The molecule has 3 heteroatoms. The highest BCUT2D eigenvalue weighted by Gasteiger charge is 2.20. The van der Waals surface area contributed by atoms with Crippen molar-refractivity contribution in [2.24, 2.45) is 0 Å². The number of benzene rings is 7. The highest BCUT2D eigenvalue weighted by molar-refractivity contribution is 7.21. The van der Waals surface area contributed by atoms with Gasteiger partial charge < -0.3 is 0 Å². The molecular weight excluding hydrogens is 541 g/mol. The SMILES string of the molecule is c1cc(-c2nc3cccnc3s2)cc(-c2c3ccccc3c(-c3c4ccccc4cc4ccccc34)c3ccccc23)c1. The molecular formula is C40H24N2S. The van der Waals surface area contributed by atoms with Crippen LogP contribution in [0.3, 0.4) is 0 Å². The van der Waals surface area contributed by atoms with Crippen molar-refractivity contribution in [3.63, 3.8) is 0 Å². The van der Waals surface area contributed by atoms with Gasteiger partial charge in [-0.25, -0.2) is 9.97 Å². The lowest BCUT2D eigenvalue weighted by molar-refractivity contribution is 1.41. The summed E-state index contributed by atoms with van der Waals surface area (Å²) in [5.41, 5.74) is 7.07. The molecule has 0 N–H and O–H groups in total. The number of nitrogens with zero attached hydrogens (tertiary/aromatic N) is 2. The second-order valence-electron chi connectivity index (χ2n) is 11.0. The van der Waals surface area contributed by atoms with Crippen LogP contribution in [0.25, 0.3) is 86.3 Å². The normalized spacial score (nSPS) is 11.7. The monoisotopic (exact) mass is 564 g/mol. The first-order chi connectivity index (χ1) is 21.3. The Bertz CT molecular complexity index is 2380. The van der Waals surface area contributed by atoms with Gasteiger partial charge in [0.1, 0.15) is 15.4 Å². The van der Waals surface area contributed by atoms with Crippen LogP contribution in [0.1, 0.15) is 0 Å². The summed E-state index contributed by atoms with van der Waals surface area (Å²) in [7, 11) is 0. The highest BCUT2D eigenvalue weighted by Crippen LogP contribution is 2.47. The van der Waals surface area contributed by atoms with Gasteiger partial charge in [0.05, 0.1) is 0 Å². The molecule has 0 saturated heterocycles. The lowest BCUT2D eigenvalue weighted by Gasteiger charge is -2.20. The molecule has 0 fully saturated rings. The third kappa shape index (κ3) is 3.79. The van der Waals surface area contributed by atoms with Crippen LogP contribution in [0.5, 0.6) is 0 Å². The van der Waals surface area contributed by atoms with Gasteiger partial charge in [-0.2, -0.15) is 0 Å². The Morgan fingerprint density at radius 1 is 0.419 bits per heavy atom. The lowest BCUT2D eigenvalue weighted by atomic mass is 9.83. The summed E-state index contributed by atoms with van der Waals surface area (Å²) >= 11 is 1.64. The standard InChI is InChI=1S/C40H24N2S/c1-3-15-29-25(11-1)23-26-12-2-4-16-30(26)37(29)38-33-19-7-5-17-31(33)36(32-18-6-8-20-34(32)38)27-13-9-14-28(24-27)39-42-35-21-10-22-41-40(35)43-39/h1-24H. The number of hydrogen-bond donors (Lipinski definition) is 0. The van der Waals surface area contributed by atoms with E-state index in [4.69, 9.17) is 4.98 Å². The molecule has 9 rings (SSSR count). The van der Waals surface area contributed by atoms with Crippen molar-refractivity contribution < 1.29 is 0 Å². The number of thiazole rings is 1. The molecule has 0 radical (unpaired) electrons. The molecule has 0 unspecified atom stereocenters. The molecule has 0 aliphatic carbocycles. The quantitative estimate of drug-likeness (QED) is 0.199. The van der Waals surface area contributed by atoms with E-state index < -0.39 is 0 Å². The minimum atomic E-state index is 0.940. The first-order valence-electron chi connectivity index (χ1n) is 14.5. The van der Waals surface area contributed by atoms with E-state index in [2.05, 4.69) is 132 Å². The minimum absolute atomic E-state index is 0.940. The van der Waals surface area contributed by atoms with Crippen molar-refractivity contribution >= 4 is 64.8 Å². The smallest absolute Gasteiger partial charge is 0.143 e. The van der Waals surface area contributed by atoms with Gasteiger partial charge in [-0.1, -0.05) is 127 Å². The third-order valence-electron chi connectivity index (χ3n) is 8.52. The molecule has 0 bridgehead atoms. The van der Waals surface area contributed by atoms with Gasteiger partial charge >= 0.3 is 0 Å². The molecule has 43 heavy (non-hydrogen) atoms. The minimum Gasteiger partial charge on any atom is -0.244 e. The Balaban J connectivity index is 1.39. The fraction of sp³-hybridized carbons (Fsp3) is 0.